The lowest BCUT2D eigenvalue weighted by atomic mass is 10.2. The molecule has 0 radical (unpaired) electrons. The molecule has 0 rings (SSSR count). The summed E-state index contributed by atoms with van der Waals surface area (Å²) in [6.45, 7) is 12.6. The van der Waals surface area contributed by atoms with E-state index in [0.717, 1.165) is 18.9 Å². The summed E-state index contributed by atoms with van der Waals surface area (Å²) in [6, 6.07) is 0.772. The fourth-order valence-corrected chi connectivity index (χ4v) is 5.20. The monoisotopic (exact) mass is 378 g/mol. The highest BCUT2D eigenvalue weighted by Gasteiger charge is 2.42. The van der Waals surface area contributed by atoms with Crippen molar-refractivity contribution in [1.29, 1.82) is 0 Å². The molecule has 7 heteroatoms. The molecule has 0 aromatic carbocycles. The Morgan fingerprint density at radius 1 is 0.960 bits per heavy atom. The molecule has 0 saturated carbocycles. The van der Waals surface area contributed by atoms with E-state index in [1.165, 1.54) is 12.8 Å². The minimum atomic E-state index is -2.80. The Morgan fingerprint density at radius 3 is 2.08 bits per heavy atom. The third-order valence-corrected chi connectivity index (χ3v) is 6.75. The van der Waals surface area contributed by atoms with Crippen LogP contribution in [0.3, 0.4) is 0 Å². The SMILES string of the molecule is CCCCCC[Si](OCC)(OCC)OC(C)OC(CC)OC(=O)CC. The number of carbonyl (C=O) groups is 1. The van der Waals surface area contributed by atoms with Crippen LogP contribution in [-0.4, -0.2) is 40.6 Å². The Kier molecular flexibility index (Phi) is 14.4. The summed E-state index contributed by atoms with van der Waals surface area (Å²) in [6.07, 6.45) is 4.23. The first-order valence-electron chi connectivity index (χ1n) is 9.77. The molecule has 0 aliphatic rings. The molecule has 25 heavy (non-hydrogen) atoms. The third kappa shape index (κ3) is 11.0. The second-order valence-corrected chi connectivity index (χ2v) is 8.54. The number of hydrogen-bond acceptors (Lipinski definition) is 6. The Balaban J connectivity index is 4.79. The van der Waals surface area contributed by atoms with Crippen LogP contribution in [-0.2, 0) is 27.5 Å². The molecule has 0 bridgehead atoms. The summed E-state index contributed by atoms with van der Waals surface area (Å²) >= 11 is 0. The Labute approximate surface area is 154 Å². The van der Waals surface area contributed by atoms with Gasteiger partial charge in [0.15, 0.2) is 6.29 Å². The molecule has 0 aromatic heterocycles. The molecule has 0 aromatic rings. The van der Waals surface area contributed by atoms with E-state index in [0.29, 0.717) is 26.1 Å². The summed E-state index contributed by atoms with van der Waals surface area (Å²) in [4.78, 5) is 11.5. The number of ether oxygens (including phenoxy) is 2. The number of hydrogen-bond donors (Lipinski definition) is 0. The molecule has 0 spiro atoms. The maximum Gasteiger partial charge on any atom is 0.502 e. The highest BCUT2D eigenvalue weighted by atomic mass is 28.4. The second-order valence-electron chi connectivity index (χ2n) is 5.86. The molecule has 6 nitrogen and oxygen atoms in total. The van der Waals surface area contributed by atoms with Crippen molar-refractivity contribution in [3.05, 3.63) is 0 Å². The van der Waals surface area contributed by atoms with E-state index >= 15 is 0 Å². The summed E-state index contributed by atoms with van der Waals surface area (Å²) in [5.41, 5.74) is 0. The topological polar surface area (TPSA) is 63.2 Å². The van der Waals surface area contributed by atoms with Crippen molar-refractivity contribution >= 4 is 14.8 Å². The highest BCUT2D eigenvalue weighted by Crippen LogP contribution is 2.23. The van der Waals surface area contributed by atoms with Crippen molar-refractivity contribution in [1.82, 2.24) is 0 Å². The summed E-state index contributed by atoms with van der Waals surface area (Å²) in [5.74, 6) is -0.281. The average molecular weight is 379 g/mol. The van der Waals surface area contributed by atoms with Crippen LogP contribution in [0.25, 0.3) is 0 Å². The molecule has 0 amide bonds. The third-order valence-electron chi connectivity index (χ3n) is 3.64. The zero-order valence-corrected chi connectivity index (χ0v) is 18.0. The van der Waals surface area contributed by atoms with Crippen LogP contribution in [0.1, 0.15) is 80.1 Å². The van der Waals surface area contributed by atoms with E-state index in [2.05, 4.69) is 6.92 Å². The molecule has 2 unspecified atom stereocenters. The Bertz CT molecular complexity index is 334. The highest BCUT2D eigenvalue weighted by molar-refractivity contribution is 6.60. The molecule has 0 aliphatic heterocycles. The van der Waals surface area contributed by atoms with Gasteiger partial charge < -0.3 is 22.8 Å². The number of carbonyl (C=O) groups excluding carboxylic acids is 1. The molecule has 0 saturated heterocycles. The van der Waals surface area contributed by atoms with Crippen molar-refractivity contribution in [3.8, 4) is 0 Å². The van der Waals surface area contributed by atoms with Crippen molar-refractivity contribution in [2.24, 2.45) is 0 Å². The average Bonchev–Trinajstić information content (AvgIpc) is 2.58. The lowest BCUT2D eigenvalue weighted by molar-refractivity contribution is -0.224. The normalized spacial score (nSPS) is 14.3. The van der Waals surface area contributed by atoms with Crippen LogP contribution < -0.4 is 0 Å². The summed E-state index contributed by atoms with van der Waals surface area (Å²) in [5, 5.41) is 0. The molecule has 0 fully saturated rings. The van der Waals surface area contributed by atoms with Crippen LogP contribution in [0.15, 0.2) is 0 Å². The minimum absolute atomic E-state index is 0.281. The second kappa shape index (κ2) is 14.7. The van der Waals surface area contributed by atoms with Gasteiger partial charge in [-0.2, -0.15) is 0 Å². The van der Waals surface area contributed by atoms with E-state index in [1.807, 2.05) is 20.8 Å². The van der Waals surface area contributed by atoms with Gasteiger partial charge in [-0.3, -0.25) is 4.79 Å². The number of rotatable bonds is 16. The summed E-state index contributed by atoms with van der Waals surface area (Å²) < 4.78 is 29.0. The molecule has 150 valence electrons. The van der Waals surface area contributed by atoms with Gasteiger partial charge in [0.25, 0.3) is 0 Å². The zero-order valence-electron chi connectivity index (χ0n) is 17.0. The zero-order chi connectivity index (χ0) is 19.1. The van der Waals surface area contributed by atoms with Gasteiger partial charge in [0, 0.05) is 32.1 Å². The molecular formula is C18H38O6Si. The van der Waals surface area contributed by atoms with E-state index in [1.54, 1.807) is 13.8 Å². The number of esters is 1. The van der Waals surface area contributed by atoms with Gasteiger partial charge in [0.05, 0.1) is 0 Å². The lowest BCUT2D eigenvalue weighted by Gasteiger charge is -2.32. The van der Waals surface area contributed by atoms with Crippen molar-refractivity contribution < 1.29 is 27.5 Å². The van der Waals surface area contributed by atoms with E-state index in [9.17, 15) is 4.79 Å². The van der Waals surface area contributed by atoms with E-state index < -0.39 is 21.4 Å². The predicted molar refractivity (Wildman–Crippen MR) is 100 cm³/mol. The van der Waals surface area contributed by atoms with Gasteiger partial charge in [-0.1, -0.05) is 40.0 Å². The van der Waals surface area contributed by atoms with Crippen LogP contribution in [0.5, 0.6) is 0 Å². The van der Waals surface area contributed by atoms with E-state index in [4.69, 9.17) is 22.8 Å². The van der Waals surface area contributed by atoms with Crippen LogP contribution in [0.2, 0.25) is 6.04 Å². The standard InChI is InChI=1S/C18H38O6Si/c1-7-12-13-14-15-25(20-10-4,21-11-5)24-16(6)22-18(9-3)23-17(19)8-2/h16,18H,7-15H2,1-6H3. The maximum absolute atomic E-state index is 11.5. The van der Waals surface area contributed by atoms with Crippen LogP contribution in [0.4, 0.5) is 0 Å². The summed E-state index contributed by atoms with van der Waals surface area (Å²) in [7, 11) is -2.80. The fraction of sp³-hybridized carbons (Fsp3) is 0.944. The van der Waals surface area contributed by atoms with Crippen LogP contribution in [0, 0.1) is 0 Å². The van der Waals surface area contributed by atoms with Crippen molar-refractivity contribution in [3.63, 3.8) is 0 Å². The molecule has 0 N–H and O–H groups in total. The van der Waals surface area contributed by atoms with Gasteiger partial charge in [-0.15, -0.1) is 0 Å². The molecular weight excluding hydrogens is 340 g/mol. The lowest BCUT2D eigenvalue weighted by Crippen LogP contribution is -2.49. The van der Waals surface area contributed by atoms with Crippen molar-refractivity contribution in [2.75, 3.05) is 13.2 Å². The molecule has 0 heterocycles. The van der Waals surface area contributed by atoms with Gasteiger partial charge in [0.1, 0.15) is 0 Å². The quantitative estimate of drug-likeness (QED) is 0.169. The minimum Gasteiger partial charge on any atom is -0.436 e. The predicted octanol–water partition coefficient (Wildman–Crippen LogP) is 4.65. The smallest absolute Gasteiger partial charge is 0.436 e. The molecule has 0 aliphatic carbocycles. The fourth-order valence-electron chi connectivity index (χ4n) is 2.45. The first-order valence-corrected chi connectivity index (χ1v) is 11.7. The van der Waals surface area contributed by atoms with Crippen molar-refractivity contribution in [2.45, 2.75) is 98.7 Å². The Hall–Kier alpha value is -0.473. The van der Waals surface area contributed by atoms with Gasteiger partial charge in [0.2, 0.25) is 6.29 Å². The number of unbranched alkanes of at least 4 members (excludes halogenated alkanes) is 3. The largest absolute Gasteiger partial charge is 0.502 e. The van der Waals surface area contributed by atoms with Gasteiger partial charge >= 0.3 is 14.8 Å². The van der Waals surface area contributed by atoms with E-state index in [-0.39, 0.29) is 5.97 Å². The molecule has 2 atom stereocenters. The van der Waals surface area contributed by atoms with Crippen LogP contribution >= 0.6 is 0 Å². The van der Waals surface area contributed by atoms with Gasteiger partial charge in [-0.25, -0.2) is 0 Å². The first kappa shape index (κ1) is 24.5. The van der Waals surface area contributed by atoms with Gasteiger partial charge in [-0.05, 0) is 27.2 Å². The Morgan fingerprint density at radius 2 is 1.60 bits per heavy atom. The first-order chi connectivity index (χ1) is 12.0. The maximum atomic E-state index is 11.5.